The molecule has 0 aliphatic heterocycles. The van der Waals surface area contributed by atoms with Crippen LogP contribution in [0.4, 0.5) is 0 Å². The van der Waals surface area contributed by atoms with E-state index in [1.807, 2.05) is 18.0 Å². The number of unbranched alkanes of at least 4 members (excludes halogenated alkanes) is 2. The van der Waals surface area contributed by atoms with Gasteiger partial charge in [-0.3, -0.25) is 4.98 Å². The number of hydrogen-bond acceptors (Lipinski definition) is 3. The summed E-state index contributed by atoms with van der Waals surface area (Å²) in [6, 6.07) is 4.13. The van der Waals surface area contributed by atoms with Crippen LogP contribution in [0.25, 0.3) is 0 Å². The molecule has 1 heterocycles. The monoisotopic (exact) mass is 210 g/mol. The fourth-order valence-electron chi connectivity index (χ4n) is 1.20. The van der Waals surface area contributed by atoms with Crippen molar-refractivity contribution in [2.75, 3.05) is 5.75 Å². The van der Waals surface area contributed by atoms with Crippen molar-refractivity contribution in [1.29, 1.82) is 0 Å². The minimum atomic E-state index is 0.531. The van der Waals surface area contributed by atoms with Crippen molar-refractivity contribution in [2.24, 2.45) is 5.73 Å². The second-order valence-corrected chi connectivity index (χ2v) is 4.41. The lowest BCUT2D eigenvalue weighted by Crippen LogP contribution is -1.98. The third kappa shape index (κ3) is 4.11. The highest BCUT2D eigenvalue weighted by Crippen LogP contribution is 2.19. The predicted octanol–water partition coefficient (Wildman–Crippen LogP) is 2.82. The van der Waals surface area contributed by atoms with Crippen LogP contribution in [0.3, 0.4) is 0 Å². The van der Waals surface area contributed by atoms with Crippen molar-refractivity contribution >= 4 is 11.8 Å². The molecule has 1 rings (SSSR count). The smallest absolute Gasteiger partial charge is 0.0550 e. The maximum absolute atomic E-state index is 5.52. The number of aromatic nitrogens is 1. The summed E-state index contributed by atoms with van der Waals surface area (Å²) < 4.78 is 0. The first-order chi connectivity index (χ1) is 6.86. The largest absolute Gasteiger partial charge is 0.325 e. The summed E-state index contributed by atoms with van der Waals surface area (Å²) in [5.74, 6) is 1.20. The molecule has 2 N–H and O–H groups in total. The van der Waals surface area contributed by atoms with Gasteiger partial charge in [-0.2, -0.15) is 0 Å². The number of nitrogens with two attached hydrogens (primary N) is 1. The number of rotatable bonds is 6. The molecular weight excluding hydrogens is 192 g/mol. The summed E-state index contributed by atoms with van der Waals surface area (Å²) in [5.41, 5.74) is 6.50. The summed E-state index contributed by atoms with van der Waals surface area (Å²) in [6.45, 7) is 2.76. The minimum absolute atomic E-state index is 0.531. The molecule has 0 unspecified atom stereocenters. The van der Waals surface area contributed by atoms with Gasteiger partial charge in [-0.05, 0) is 24.3 Å². The summed E-state index contributed by atoms with van der Waals surface area (Å²) in [5, 5.41) is 0. The quantitative estimate of drug-likeness (QED) is 0.579. The van der Waals surface area contributed by atoms with E-state index in [0.29, 0.717) is 6.54 Å². The molecule has 14 heavy (non-hydrogen) atoms. The lowest BCUT2D eigenvalue weighted by molar-refractivity contribution is 0.778. The Bertz CT molecular complexity index is 263. The van der Waals surface area contributed by atoms with Crippen molar-refractivity contribution in [3.8, 4) is 0 Å². The third-order valence-corrected chi connectivity index (χ3v) is 3.09. The molecule has 0 aromatic carbocycles. The van der Waals surface area contributed by atoms with Crippen LogP contribution in [0.5, 0.6) is 0 Å². The minimum Gasteiger partial charge on any atom is -0.325 e. The van der Waals surface area contributed by atoms with E-state index in [4.69, 9.17) is 5.73 Å². The van der Waals surface area contributed by atoms with Crippen LogP contribution in [0.1, 0.15) is 31.9 Å². The van der Waals surface area contributed by atoms with E-state index in [0.717, 1.165) is 5.69 Å². The van der Waals surface area contributed by atoms with Gasteiger partial charge < -0.3 is 5.73 Å². The molecule has 78 valence electrons. The summed E-state index contributed by atoms with van der Waals surface area (Å²) >= 11 is 1.89. The van der Waals surface area contributed by atoms with Gasteiger partial charge >= 0.3 is 0 Å². The average Bonchev–Trinajstić information content (AvgIpc) is 2.25. The van der Waals surface area contributed by atoms with E-state index in [-0.39, 0.29) is 0 Å². The van der Waals surface area contributed by atoms with Crippen LogP contribution in [0, 0.1) is 0 Å². The van der Waals surface area contributed by atoms with Gasteiger partial charge in [-0.1, -0.05) is 19.8 Å². The van der Waals surface area contributed by atoms with E-state index >= 15 is 0 Å². The fraction of sp³-hybridized carbons (Fsp3) is 0.545. The summed E-state index contributed by atoms with van der Waals surface area (Å²) in [4.78, 5) is 5.45. The predicted molar refractivity (Wildman–Crippen MR) is 62.4 cm³/mol. The number of nitrogens with zero attached hydrogens (tertiary/aromatic N) is 1. The molecule has 1 aromatic heterocycles. The molecule has 0 amide bonds. The Balaban J connectivity index is 2.34. The van der Waals surface area contributed by atoms with Gasteiger partial charge in [-0.15, -0.1) is 11.8 Å². The third-order valence-electron chi connectivity index (χ3n) is 2.01. The topological polar surface area (TPSA) is 38.9 Å². The van der Waals surface area contributed by atoms with Gasteiger partial charge in [0.25, 0.3) is 0 Å². The van der Waals surface area contributed by atoms with Gasteiger partial charge in [0.05, 0.1) is 5.69 Å². The maximum Gasteiger partial charge on any atom is 0.0550 e. The Hall–Kier alpha value is -0.540. The second-order valence-electron chi connectivity index (χ2n) is 3.24. The molecule has 0 saturated heterocycles. The van der Waals surface area contributed by atoms with Gasteiger partial charge in [0.2, 0.25) is 0 Å². The number of pyridine rings is 1. The molecule has 1 aromatic rings. The Morgan fingerprint density at radius 1 is 1.43 bits per heavy atom. The van der Waals surface area contributed by atoms with Crippen molar-refractivity contribution in [3.63, 3.8) is 0 Å². The van der Waals surface area contributed by atoms with Gasteiger partial charge in [-0.25, -0.2) is 0 Å². The van der Waals surface area contributed by atoms with Gasteiger partial charge in [0, 0.05) is 17.6 Å². The molecule has 0 saturated carbocycles. The first kappa shape index (κ1) is 11.5. The van der Waals surface area contributed by atoms with Crippen molar-refractivity contribution in [3.05, 3.63) is 24.0 Å². The molecule has 3 heteroatoms. The van der Waals surface area contributed by atoms with Crippen LogP contribution in [-0.2, 0) is 6.54 Å². The number of thioether (sulfide) groups is 1. The summed E-state index contributed by atoms with van der Waals surface area (Å²) in [7, 11) is 0. The van der Waals surface area contributed by atoms with E-state index < -0.39 is 0 Å². The van der Waals surface area contributed by atoms with Crippen LogP contribution in [0.2, 0.25) is 0 Å². The Kier molecular flexibility index (Phi) is 5.64. The van der Waals surface area contributed by atoms with Crippen molar-refractivity contribution in [1.82, 2.24) is 4.98 Å². The maximum atomic E-state index is 5.52. The van der Waals surface area contributed by atoms with Crippen LogP contribution < -0.4 is 5.73 Å². The SMILES string of the molecule is CCCCCSc1ccnc(CN)c1. The number of hydrogen-bond donors (Lipinski definition) is 1. The van der Waals surface area contributed by atoms with Crippen molar-refractivity contribution < 1.29 is 0 Å². The molecular formula is C11H18N2S. The van der Waals surface area contributed by atoms with E-state index in [2.05, 4.69) is 24.0 Å². The van der Waals surface area contributed by atoms with Gasteiger partial charge in [0.15, 0.2) is 0 Å². The van der Waals surface area contributed by atoms with E-state index in [1.165, 1.54) is 29.9 Å². The molecule has 2 nitrogen and oxygen atoms in total. The highest BCUT2D eigenvalue weighted by atomic mass is 32.2. The molecule has 0 aliphatic rings. The van der Waals surface area contributed by atoms with Crippen molar-refractivity contribution in [2.45, 2.75) is 37.6 Å². The van der Waals surface area contributed by atoms with E-state index in [9.17, 15) is 0 Å². The second kappa shape index (κ2) is 6.85. The molecule has 0 fully saturated rings. The van der Waals surface area contributed by atoms with Crippen LogP contribution in [0.15, 0.2) is 23.2 Å². The Labute approximate surface area is 90.3 Å². The highest BCUT2D eigenvalue weighted by molar-refractivity contribution is 7.99. The molecule has 0 aliphatic carbocycles. The first-order valence-corrected chi connectivity index (χ1v) is 6.13. The Morgan fingerprint density at radius 2 is 2.29 bits per heavy atom. The molecule has 0 bridgehead atoms. The molecule has 0 atom stereocenters. The van der Waals surface area contributed by atoms with Gasteiger partial charge in [0.1, 0.15) is 0 Å². The standard InChI is InChI=1S/C11H18N2S/c1-2-3-4-7-14-11-5-6-13-10(8-11)9-12/h5-6,8H,2-4,7,9,12H2,1H3. The fourth-order valence-corrected chi connectivity index (χ4v) is 2.16. The molecule has 0 radical (unpaired) electrons. The normalized spacial score (nSPS) is 10.4. The zero-order chi connectivity index (χ0) is 10.2. The highest BCUT2D eigenvalue weighted by Gasteiger charge is 1.96. The average molecular weight is 210 g/mol. The van der Waals surface area contributed by atoms with E-state index in [1.54, 1.807) is 0 Å². The lowest BCUT2D eigenvalue weighted by atomic mass is 10.3. The zero-order valence-electron chi connectivity index (χ0n) is 8.70. The molecule has 0 spiro atoms. The summed E-state index contributed by atoms with van der Waals surface area (Å²) in [6.07, 6.45) is 5.73. The first-order valence-electron chi connectivity index (χ1n) is 5.14. The Morgan fingerprint density at radius 3 is 3.00 bits per heavy atom. The lowest BCUT2D eigenvalue weighted by Gasteiger charge is -2.02. The van der Waals surface area contributed by atoms with Crippen LogP contribution in [-0.4, -0.2) is 10.7 Å². The van der Waals surface area contributed by atoms with Crippen LogP contribution >= 0.6 is 11.8 Å². The zero-order valence-corrected chi connectivity index (χ0v) is 9.52.